The molecule has 2 heteroatoms. The first-order chi connectivity index (χ1) is 5.70. The highest BCUT2D eigenvalue weighted by Gasteiger charge is 2.03. The molecule has 0 bridgehead atoms. The smallest absolute Gasteiger partial charge is 0.137 e. The van der Waals surface area contributed by atoms with E-state index >= 15 is 0 Å². The van der Waals surface area contributed by atoms with E-state index in [1.807, 2.05) is 19.1 Å². The summed E-state index contributed by atoms with van der Waals surface area (Å²) in [6, 6.07) is 6.17. The minimum Gasteiger partial charge on any atom is -0.301 e. The zero-order valence-corrected chi connectivity index (χ0v) is 7.63. The molecule has 2 heterocycles. The third kappa shape index (κ3) is 0.843. The van der Waals surface area contributed by atoms with Gasteiger partial charge in [-0.15, -0.1) is 0 Å². The van der Waals surface area contributed by atoms with Crippen LogP contribution in [0.3, 0.4) is 0 Å². The lowest BCUT2D eigenvalue weighted by atomic mass is 10.3. The van der Waals surface area contributed by atoms with Crippen molar-refractivity contribution in [3.63, 3.8) is 0 Å². The summed E-state index contributed by atoms with van der Waals surface area (Å²) in [7, 11) is 0. The maximum atomic E-state index is 4.44. The van der Waals surface area contributed by atoms with Crippen molar-refractivity contribution < 1.29 is 0 Å². The van der Waals surface area contributed by atoms with Crippen LogP contribution in [0.2, 0.25) is 0 Å². The first kappa shape index (κ1) is 7.35. The minimum atomic E-state index is 1.05. The first-order valence-corrected chi connectivity index (χ1v) is 4.11. The van der Waals surface area contributed by atoms with Gasteiger partial charge in [-0.25, -0.2) is 4.98 Å². The third-order valence-corrected chi connectivity index (χ3v) is 2.31. The summed E-state index contributed by atoms with van der Waals surface area (Å²) in [5.74, 6) is 0. The van der Waals surface area contributed by atoms with Gasteiger partial charge >= 0.3 is 0 Å². The molecule has 0 unspecified atom stereocenters. The quantitative estimate of drug-likeness (QED) is 0.577. The highest BCUT2D eigenvalue weighted by atomic mass is 15.0. The van der Waals surface area contributed by atoms with Gasteiger partial charge in [0.05, 0.1) is 5.69 Å². The monoisotopic (exact) mass is 160 g/mol. The molecule has 0 fully saturated rings. The van der Waals surface area contributed by atoms with Crippen LogP contribution in [0.1, 0.15) is 17.1 Å². The van der Waals surface area contributed by atoms with Gasteiger partial charge in [-0.05, 0) is 32.9 Å². The van der Waals surface area contributed by atoms with Crippen molar-refractivity contribution in [1.29, 1.82) is 0 Å². The largest absolute Gasteiger partial charge is 0.301 e. The number of pyridine rings is 1. The summed E-state index contributed by atoms with van der Waals surface area (Å²) in [6.07, 6.45) is 0. The van der Waals surface area contributed by atoms with E-state index in [0.29, 0.717) is 0 Å². The molecule has 0 amide bonds. The summed E-state index contributed by atoms with van der Waals surface area (Å²) in [6.45, 7) is 6.24. The summed E-state index contributed by atoms with van der Waals surface area (Å²) < 4.78 is 2.18. The van der Waals surface area contributed by atoms with Gasteiger partial charge in [0.2, 0.25) is 0 Å². The van der Waals surface area contributed by atoms with Gasteiger partial charge in [-0.2, -0.15) is 0 Å². The molecule has 0 aliphatic carbocycles. The van der Waals surface area contributed by atoms with Crippen molar-refractivity contribution >= 4 is 5.65 Å². The molecule has 2 rings (SSSR count). The normalized spacial score (nSPS) is 10.9. The lowest BCUT2D eigenvalue weighted by molar-refractivity contribution is 1.03. The van der Waals surface area contributed by atoms with E-state index < -0.39 is 0 Å². The highest BCUT2D eigenvalue weighted by Crippen LogP contribution is 2.12. The molecule has 0 aliphatic rings. The molecule has 0 aromatic carbocycles. The molecule has 2 aromatic rings. The van der Waals surface area contributed by atoms with Crippen LogP contribution in [0.5, 0.6) is 0 Å². The number of nitrogens with zero attached hydrogens (tertiary/aromatic N) is 2. The first-order valence-electron chi connectivity index (χ1n) is 4.11. The Hall–Kier alpha value is -1.31. The maximum absolute atomic E-state index is 4.44. The fraction of sp³-hybridized carbons (Fsp3) is 0.300. The zero-order valence-electron chi connectivity index (χ0n) is 7.63. The second-order valence-corrected chi connectivity index (χ2v) is 3.14. The second kappa shape index (κ2) is 2.34. The van der Waals surface area contributed by atoms with Crippen LogP contribution in [-0.2, 0) is 0 Å². The lowest BCUT2D eigenvalue weighted by Gasteiger charge is -2.00. The van der Waals surface area contributed by atoms with E-state index in [4.69, 9.17) is 0 Å². The average molecular weight is 160 g/mol. The Bertz CT molecular complexity index is 427. The third-order valence-electron chi connectivity index (χ3n) is 2.31. The molecule has 0 radical (unpaired) electrons. The fourth-order valence-corrected chi connectivity index (χ4v) is 1.54. The van der Waals surface area contributed by atoms with Crippen molar-refractivity contribution in [2.24, 2.45) is 0 Å². The molecule has 0 saturated heterocycles. The van der Waals surface area contributed by atoms with Gasteiger partial charge in [0.1, 0.15) is 5.65 Å². The summed E-state index contributed by atoms with van der Waals surface area (Å²) in [4.78, 5) is 4.44. The van der Waals surface area contributed by atoms with Gasteiger partial charge in [0.25, 0.3) is 0 Å². The summed E-state index contributed by atoms with van der Waals surface area (Å²) in [5, 5.41) is 0. The molecule has 0 atom stereocenters. The Balaban J connectivity index is 2.97. The van der Waals surface area contributed by atoms with Gasteiger partial charge < -0.3 is 4.40 Å². The van der Waals surface area contributed by atoms with E-state index in [-0.39, 0.29) is 0 Å². The van der Waals surface area contributed by atoms with Crippen LogP contribution in [0.4, 0.5) is 0 Å². The van der Waals surface area contributed by atoms with E-state index in [9.17, 15) is 0 Å². The van der Waals surface area contributed by atoms with Crippen LogP contribution in [-0.4, -0.2) is 9.38 Å². The number of hydrogen-bond donors (Lipinski definition) is 0. The van der Waals surface area contributed by atoms with Crippen molar-refractivity contribution in [2.45, 2.75) is 20.8 Å². The van der Waals surface area contributed by atoms with E-state index in [1.54, 1.807) is 0 Å². The molecule has 0 N–H and O–H groups in total. The number of aryl methyl sites for hydroxylation is 3. The van der Waals surface area contributed by atoms with Crippen LogP contribution in [0.25, 0.3) is 5.65 Å². The van der Waals surface area contributed by atoms with Crippen LogP contribution in [0, 0.1) is 20.8 Å². The molecular weight excluding hydrogens is 148 g/mol. The maximum Gasteiger partial charge on any atom is 0.137 e. The topological polar surface area (TPSA) is 17.3 Å². The Labute approximate surface area is 71.9 Å². The second-order valence-electron chi connectivity index (χ2n) is 3.14. The fourth-order valence-electron chi connectivity index (χ4n) is 1.54. The minimum absolute atomic E-state index is 1.05. The number of imidazole rings is 1. The molecule has 0 saturated carbocycles. The summed E-state index contributed by atoms with van der Waals surface area (Å²) in [5.41, 5.74) is 4.64. The Kier molecular flexibility index (Phi) is 1.43. The standard InChI is InChI=1S/C10H12N2/c1-7-5-4-6-10-11-8(2)9(3)12(7)10/h4-6H,1-3H3. The van der Waals surface area contributed by atoms with Crippen LogP contribution < -0.4 is 0 Å². The summed E-state index contributed by atoms with van der Waals surface area (Å²) >= 11 is 0. The average Bonchev–Trinajstić information content (AvgIpc) is 2.29. The highest BCUT2D eigenvalue weighted by molar-refractivity contribution is 5.44. The van der Waals surface area contributed by atoms with Crippen LogP contribution >= 0.6 is 0 Å². The van der Waals surface area contributed by atoms with E-state index in [1.165, 1.54) is 11.4 Å². The van der Waals surface area contributed by atoms with Gasteiger partial charge in [0, 0.05) is 11.4 Å². The molecule has 12 heavy (non-hydrogen) atoms. The molecule has 62 valence electrons. The molecule has 2 aromatic heterocycles. The molecule has 0 aliphatic heterocycles. The Morgan fingerprint density at radius 1 is 1.17 bits per heavy atom. The van der Waals surface area contributed by atoms with Gasteiger partial charge in [-0.1, -0.05) is 6.07 Å². The van der Waals surface area contributed by atoms with Crippen molar-refractivity contribution in [1.82, 2.24) is 9.38 Å². The SMILES string of the molecule is Cc1nc2cccc(C)n2c1C. The number of rotatable bonds is 0. The molecule has 2 nitrogen and oxygen atoms in total. The predicted molar refractivity (Wildman–Crippen MR) is 49.4 cm³/mol. The van der Waals surface area contributed by atoms with Crippen molar-refractivity contribution in [2.75, 3.05) is 0 Å². The van der Waals surface area contributed by atoms with E-state index in [0.717, 1.165) is 11.3 Å². The van der Waals surface area contributed by atoms with Crippen molar-refractivity contribution in [3.8, 4) is 0 Å². The number of fused-ring (bicyclic) bond motifs is 1. The predicted octanol–water partition coefficient (Wildman–Crippen LogP) is 2.26. The number of hydrogen-bond acceptors (Lipinski definition) is 1. The Morgan fingerprint density at radius 2 is 1.92 bits per heavy atom. The van der Waals surface area contributed by atoms with Crippen molar-refractivity contribution in [3.05, 3.63) is 35.3 Å². The van der Waals surface area contributed by atoms with Crippen LogP contribution in [0.15, 0.2) is 18.2 Å². The molecular formula is C10H12N2. The molecule has 0 spiro atoms. The van der Waals surface area contributed by atoms with Gasteiger partial charge in [-0.3, -0.25) is 0 Å². The zero-order chi connectivity index (χ0) is 8.72. The number of aromatic nitrogens is 2. The Morgan fingerprint density at radius 3 is 2.58 bits per heavy atom. The van der Waals surface area contributed by atoms with Gasteiger partial charge in [0.15, 0.2) is 0 Å². The van der Waals surface area contributed by atoms with E-state index in [2.05, 4.69) is 29.3 Å². The lowest BCUT2D eigenvalue weighted by Crippen LogP contribution is -1.92.